The third-order valence-corrected chi connectivity index (χ3v) is 5.06. The van der Waals surface area contributed by atoms with Crippen LogP contribution in [0.5, 0.6) is 5.75 Å². The van der Waals surface area contributed by atoms with Crippen LogP contribution in [0.3, 0.4) is 0 Å². The number of benzene rings is 1. The summed E-state index contributed by atoms with van der Waals surface area (Å²) in [6.45, 7) is 7.70. The van der Waals surface area contributed by atoms with E-state index in [9.17, 15) is 9.59 Å². The van der Waals surface area contributed by atoms with Crippen molar-refractivity contribution in [1.82, 2.24) is 0 Å². The van der Waals surface area contributed by atoms with Crippen molar-refractivity contribution in [3.63, 3.8) is 0 Å². The number of hydrogen-bond acceptors (Lipinski definition) is 6. The lowest BCUT2D eigenvalue weighted by Gasteiger charge is -2.19. The van der Waals surface area contributed by atoms with Crippen LogP contribution in [-0.4, -0.2) is 25.2 Å². The minimum Gasteiger partial charge on any atom is -0.465 e. The van der Waals surface area contributed by atoms with Crippen LogP contribution >= 0.6 is 0 Å². The normalized spacial score (nSPS) is 21.4. The van der Waals surface area contributed by atoms with E-state index in [2.05, 4.69) is 13.8 Å². The maximum atomic E-state index is 12.1. The molecule has 0 aromatic heterocycles. The fourth-order valence-electron chi connectivity index (χ4n) is 3.96. The molecule has 128 valence electrons. The van der Waals surface area contributed by atoms with Gasteiger partial charge in [0, 0.05) is 12.5 Å². The van der Waals surface area contributed by atoms with E-state index in [1.165, 1.54) is 14.0 Å². The second kappa shape index (κ2) is 6.21. The Morgan fingerprint density at radius 3 is 2.38 bits per heavy atom. The second-order valence-corrected chi connectivity index (χ2v) is 6.74. The molecule has 1 saturated carbocycles. The molecule has 0 heterocycles. The van der Waals surface area contributed by atoms with Gasteiger partial charge in [0.25, 0.3) is 0 Å². The molecule has 0 saturated heterocycles. The number of esters is 2. The highest BCUT2D eigenvalue weighted by atomic mass is 16.5. The molecule has 2 aliphatic rings. The average Bonchev–Trinajstić information content (AvgIpc) is 2.84. The van der Waals surface area contributed by atoms with E-state index in [1.807, 2.05) is 6.92 Å². The minimum atomic E-state index is -0.329. The number of hydrogen-bond donors (Lipinski definition) is 0. The van der Waals surface area contributed by atoms with Crippen LogP contribution < -0.4 is 4.74 Å². The fraction of sp³-hybridized carbons (Fsp3) is 0.500. The predicted octanol–water partition coefficient (Wildman–Crippen LogP) is 2.42. The summed E-state index contributed by atoms with van der Waals surface area (Å²) in [5, 5.41) is 0. The molecule has 0 bridgehead atoms. The number of aryl methyl sites for hydroxylation is 1. The van der Waals surface area contributed by atoms with E-state index in [4.69, 9.17) is 19.1 Å². The molecule has 1 aromatic rings. The van der Waals surface area contributed by atoms with E-state index in [0.29, 0.717) is 23.1 Å². The quantitative estimate of drug-likeness (QED) is 0.610. The van der Waals surface area contributed by atoms with Gasteiger partial charge in [0.05, 0.1) is 12.7 Å². The average molecular weight is 332 g/mol. The highest BCUT2D eigenvalue weighted by Crippen LogP contribution is 2.72. The van der Waals surface area contributed by atoms with Crippen LogP contribution in [0.1, 0.15) is 53.7 Å². The molecule has 2 atom stereocenters. The van der Waals surface area contributed by atoms with Crippen LogP contribution in [0.15, 0.2) is 6.07 Å². The van der Waals surface area contributed by atoms with E-state index < -0.39 is 0 Å². The molecule has 6 heteroatoms. The molecular formula is C18H20O6. The van der Waals surface area contributed by atoms with Crippen molar-refractivity contribution in [2.45, 2.75) is 40.0 Å². The number of fused-ring (bicyclic) bond motifs is 3. The van der Waals surface area contributed by atoms with Gasteiger partial charge in [-0.25, -0.2) is 4.79 Å². The molecule has 0 N–H and O–H groups in total. The van der Waals surface area contributed by atoms with Crippen molar-refractivity contribution < 1.29 is 28.7 Å². The van der Waals surface area contributed by atoms with Gasteiger partial charge in [-0.1, -0.05) is 13.8 Å². The van der Waals surface area contributed by atoms with Gasteiger partial charge in [-0.2, -0.15) is 9.59 Å². The maximum Gasteiger partial charge on any atom is 0.373 e. The first kappa shape index (κ1) is 17.9. The van der Waals surface area contributed by atoms with Gasteiger partial charge in [-0.3, -0.25) is 4.79 Å². The highest BCUT2D eigenvalue weighted by molar-refractivity contribution is 5.94. The molecule has 2 aliphatic carbocycles. The Labute approximate surface area is 140 Å². The second-order valence-electron chi connectivity index (χ2n) is 6.74. The lowest BCUT2D eigenvalue weighted by atomic mass is 9.89. The van der Waals surface area contributed by atoms with Crippen LogP contribution in [0.25, 0.3) is 0 Å². The summed E-state index contributed by atoms with van der Waals surface area (Å²) in [5.41, 5.74) is 3.70. The molecular weight excluding hydrogens is 312 g/mol. The van der Waals surface area contributed by atoms with Crippen molar-refractivity contribution in [2.75, 3.05) is 7.11 Å². The molecule has 0 spiro atoms. The zero-order chi connectivity index (χ0) is 18.2. The maximum absolute atomic E-state index is 12.1. The number of methoxy groups -OCH3 is 1. The molecule has 6 nitrogen and oxygen atoms in total. The van der Waals surface area contributed by atoms with Crippen LogP contribution in [0, 0.1) is 18.3 Å². The zero-order valence-electron chi connectivity index (χ0n) is 14.4. The monoisotopic (exact) mass is 332 g/mol. The largest absolute Gasteiger partial charge is 0.465 e. The van der Waals surface area contributed by atoms with E-state index in [0.717, 1.165) is 23.1 Å². The predicted molar refractivity (Wildman–Crippen MR) is 82.6 cm³/mol. The number of carbonyl (C=O) groups excluding carboxylic acids is 4. The Hall–Kier alpha value is -2.46. The molecule has 1 fully saturated rings. The van der Waals surface area contributed by atoms with Gasteiger partial charge in [0.2, 0.25) is 0 Å². The smallest absolute Gasteiger partial charge is 0.373 e. The molecule has 3 rings (SSSR count). The summed E-state index contributed by atoms with van der Waals surface area (Å²) in [7, 11) is 1.40. The van der Waals surface area contributed by atoms with Crippen molar-refractivity contribution in [2.24, 2.45) is 11.3 Å². The summed E-state index contributed by atoms with van der Waals surface area (Å²) in [5.74, 6) is 0.861. The molecule has 0 aliphatic heterocycles. The lowest BCUT2D eigenvalue weighted by molar-refractivity contribution is -0.191. The van der Waals surface area contributed by atoms with Gasteiger partial charge < -0.3 is 9.47 Å². The minimum absolute atomic E-state index is 0.213. The van der Waals surface area contributed by atoms with Crippen molar-refractivity contribution in [3.8, 4) is 5.75 Å². The van der Waals surface area contributed by atoms with Crippen molar-refractivity contribution in [3.05, 3.63) is 28.3 Å². The van der Waals surface area contributed by atoms with Crippen LogP contribution in [0.2, 0.25) is 0 Å². The first-order valence-corrected chi connectivity index (χ1v) is 7.63. The van der Waals surface area contributed by atoms with Gasteiger partial charge in [0.15, 0.2) is 0 Å². The molecule has 1 aromatic carbocycles. The lowest BCUT2D eigenvalue weighted by Crippen LogP contribution is -2.14. The molecule has 0 radical (unpaired) electrons. The van der Waals surface area contributed by atoms with Gasteiger partial charge in [0.1, 0.15) is 5.75 Å². The van der Waals surface area contributed by atoms with E-state index >= 15 is 0 Å². The van der Waals surface area contributed by atoms with Gasteiger partial charge in [-0.05, 0) is 47.8 Å². The third-order valence-electron chi connectivity index (χ3n) is 5.06. The topological polar surface area (TPSA) is 86.7 Å². The molecule has 0 amide bonds. The standard InChI is InChI=1S/C17H20O4.CO2/c1-8-6-12(21-9(2)18)14-10(13(8)16(19)20-5)7-11-15(14)17(11,3)4;2-1-3/h6,11,15H,7H2,1-5H3;/t11-,15-;/m1./s1. The fourth-order valence-corrected chi connectivity index (χ4v) is 3.96. The highest BCUT2D eigenvalue weighted by Gasteiger charge is 2.63. The van der Waals surface area contributed by atoms with Crippen LogP contribution in [-0.2, 0) is 25.5 Å². The van der Waals surface area contributed by atoms with Crippen molar-refractivity contribution in [1.29, 1.82) is 0 Å². The Kier molecular flexibility index (Phi) is 4.63. The van der Waals surface area contributed by atoms with E-state index in [1.54, 1.807) is 6.07 Å². The Morgan fingerprint density at radius 1 is 1.29 bits per heavy atom. The Balaban J connectivity index is 0.000000647. The Morgan fingerprint density at radius 2 is 1.88 bits per heavy atom. The number of rotatable bonds is 2. The molecule has 0 unspecified atom stereocenters. The summed E-state index contributed by atoms with van der Waals surface area (Å²) in [6.07, 6.45) is 1.10. The van der Waals surface area contributed by atoms with Crippen LogP contribution in [0.4, 0.5) is 0 Å². The third kappa shape index (κ3) is 2.74. The SMILES string of the molecule is COC(=O)c1c(C)cc(OC(C)=O)c2c1C[C@@H]1[C@H]2C1(C)C.O=C=O. The zero-order valence-corrected chi connectivity index (χ0v) is 14.4. The molecule has 24 heavy (non-hydrogen) atoms. The first-order valence-electron chi connectivity index (χ1n) is 7.63. The van der Waals surface area contributed by atoms with Gasteiger partial charge in [-0.15, -0.1) is 0 Å². The van der Waals surface area contributed by atoms with Crippen molar-refractivity contribution >= 4 is 18.1 Å². The number of ether oxygens (including phenoxy) is 2. The summed E-state index contributed by atoms with van der Waals surface area (Å²) in [4.78, 5) is 39.7. The first-order chi connectivity index (χ1) is 11.2. The van der Waals surface area contributed by atoms with Gasteiger partial charge >= 0.3 is 18.1 Å². The summed E-state index contributed by atoms with van der Waals surface area (Å²) >= 11 is 0. The summed E-state index contributed by atoms with van der Waals surface area (Å²) in [6, 6.07) is 1.79. The Bertz CT molecular complexity index is 740. The number of carbonyl (C=O) groups is 2. The summed E-state index contributed by atoms with van der Waals surface area (Å²) < 4.78 is 10.3. The van der Waals surface area contributed by atoms with E-state index in [-0.39, 0.29) is 23.5 Å².